The van der Waals surface area contributed by atoms with Crippen molar-refractivity contribution in [1.29, 1.82) is 0 Å². The van der Waals surface area contributed by atoms with Gasteiger partial charge in [0.1, 0.15) is 0 Å². The molecule has 5 heteroatoms. The van der Waals surface area contributed by atoms with Crippen LogP contribution < -0.4 is 5.32 Å². The first kappa shape index (κ1) is 17.0. The van der Waals surface area contributed by atoms with Crippen LogP contribution in [0.15, 0.2) is 52.5 Å². The SMILES string of the molecule is Cc1cn2cc(-c3ccc4c(c3)SC(C3CCNCC3)=CC4)cc(F)c2n1. The summed E-state index contributed by atoms with van der Waals surface area (Å²) in [6.07, 6.45) is 9.67. The van der Waals surface area contributed by atoms with Crippen molar-refractivity contribution < 1.29 is 4.39 Å². The molecule has 1 aromatic carbocycles. The number of thioether (sulfide) groups is 1. The van der Waals surface area contributed by atoms with Crippen molar-refractivity contribution in [2.24, 2.45) is 5.92 Å². The third-order valence-electron chi connectivity index (χ3n) is 5.52. The molecule has 0 saturated carbocycles. The summed E-state index contributed by atoms with van der Waals surface area (Å²) in [6, 6.07) is 8.11. The van der Waals surface area contributed by atoms with Gasteiger partial charge in [-0.25, -0.2) is 9.37 Å². The highest BCUT2D eigenvalue weighted by molar-refractivity contribution is 8.03. The molecule has 3 aromatic rings. The van der Waals surface area contributed by atoms with Crippen LogP contribution in [0.5, 0.6) is 0 Å². The van der Waals surface area contributed by atoms with Gasteiger partial charge in [-0.15, -0.1) is 0 Å². The molecule has 0 aliphatic carbocycles. The number of rotatable bonds is 2. The van der Waals surface area contributed by atoms with Gasteiger partial charge < -0.3 is 9.72 Å². The lowest BCUT2D eigenvalue weighted by molar-refractivity contribution is 0.431. The van der Waals surface area contributed by atoms with Crippen LogP contribution >= 0.6 is 11.8 Å². The van der Waals surface area contributed by atoms with E-state index < -0.39 is 0 Å². The van der Waals surface area contributed by atoms with Crippen molar-refractivity contribution in [1.82, 2.24) is 14.7 Å². The summed E-state index contributed by atoms with van der Waals surface area (Å²) < 4.78 is 16.3. The monoisotopic (exact) mass is 379 g/mol. The Morgan fingerprint density at radius 1 is 1.15 bits per heavy atom. The lowest BCUT2D eigenvalue weighted by Gasteiger charge is -2.27. The molecule has 2 aromatic heterocycles. The Bertz CT molecular complexity index is 1050. The highest BCUT2D eigenvalue weighted by Crippen LogP contribution is 2.42. The Kier molecular flexibility index (Phi) is 4.29. The second-order valence-electron chi connectivity index (χ2n) is 7.45. The number of imidazole rings is 1. The molecule has 0 atom stereocenters. The molecular weight excluding hydrogens is 357 g/mol. The second kappa shape index (κ2) is 6.80. The van der Waals surface area contributed by atoms with E-state index in [2.05, 4.69) is 34.6 Å². The number of nitrogens with zero attached hydrogens (tertiary/aromatic N) is 2. The molecule has 4 heterocycles. The number of aromatic nitrogens is 2. The Hall–Kier alpha value is -2.11. The predicted octanol–water partition coefficient (Wildman–Crippen LogP) is 4.98. The van der Waals surface area contributed by atoms with Crippen LogP contribution in [0.4, 0.5) is 4.39 Å². The van der Waals surface area contributed by atoms with Crippen LogP contribution in [-0.4, -0.2) is 22.5 Å². The van der Waals surface area contributed by atoms with Gasteiger partial charge in [-0.2, -0.15) is 0 Å². The first-order chi connectivity index (χ1) is 13.2. The maximum absolute atomic E-state index is 14.5. The molecule has 2 aliphatic rings. The van der Waals surface area contributed by atoms with Gasteiger partial charge in [0.05, 0.1) is 5.69 Å². The number of allylic oxidation sites excluding steroid dienone is 2. The minimum Gasteiger partial charge on any atom is -0.317 e. The number of fused-ring (bicyclic) bond motifs is 2. The van der Waals surface area contributed by atoms with E-state index in [0.717, 1.165) is 36.3 Å². The summed E-state index contributed by atoms with van der Waals surface area (Å²) in [7, 11) is 0. The standard InChI is InChI=1S/C22H22FN3S/c1-14-12-26-13-18(10-19(23)22(26)25-14)17-3-2-15-4-5-20(27-21(15)11-17)16-6-8-24-9-7-16/h2-3,5,10-13,16,24H,4,6-9H2,1H3. The second-order valence-corrected chi connectivity index (χ2v) is 8.56. The maximum atomic E-state index is 14.5. The van der Waals surface area contributed by atoms with Gasteiger partial charge in [-0.1, -0.05) is 30.0 Å². The summed E-state index contributed by atoms with van der Waals surface area (Å²) in [5, 5.41) is 3.45. The van der Waals surface area contributed by atoms with Gasteiger partial charge in [0.2, 0.25) is 0 Å². The zero-order valence-electron chi connectivity index (χ0n) is 15.3. The summed E-state index contributed by atoms with van der Waals surface area (Å²) in [5.41, 5.74) is 4.52. The summed E-state index contributed by atoms with van der Waals surface area (Å²) >= 11 is 1.90. The summed E-state index contributed by atoms with van der Waals surface area (Å²) in [5.74, 6) is 0.400. The third-order valence-corrected chi connectivity index (χ3v) is 6.86. The highest BCUT2D eigenvalue weighted by Gasteiger charge is 2.22. The highest BCUT2D eigenvalue weighted by atomic mass is 32.2. The van der Waals surface area contributed by atoms with Crippen LogP contribution in [0.1, 0.15) is 24.1 Å². The molecule has 27 heavy (non-hydrogen) atoms. The fraction of sp³-hybridized carbons (Fsp3) is 0.318. The molecule has 5 rings (SSSR count). The minimum absolute atomic E-state index is 0.277. The summed E-state index contributed by atoms with van der Waals surface area (Å²) in [4.78, 5) is 7.07. The van der Waals surface area contributed by atoms with E-state index in [1.807, 2.05) is 31.1 Å². The van der Waals surface area contributed by atoms with E-state index in [1.54, 1.807) is 10.5 Å². The maximum Gasteiger partial charge on any atom is 0.173 e. The van der Waals surface area contributed by atoms with Gasteiger partial charge in [-0.05, 0) is 73.4 Å². The van der Waals surface area contributed by atoms with Crippen LogP contribution in [0, 0.1) is 18.7 Å². The lowest BCUT2D eigenvalue weighted by Crippen LogP contribution is -2.28. The zero-order valence-corrected chi connectivity index (χ0v) is 16.2. The molecule has 0 spiro atoms. The first-order valence-electron chi connectivity index (χ1n) is 9.54. The van der Waals surface area contributed by atoms with Crippen molar-refractivity contribution >= 4 is 17.4 Å². The van der Waals surface area contributed by atoms with Crippen molar-refractivity contribution in [2.45, 2.75) is 31.1 Å². The quantitative estimate of drug-likeness (QED) is 0.681. The molecule has 2 aliphatic heterocycles. The van der Waals surface area contributed by atoms with Gasteiger partial charge >= 0.3 is 0 Å². The topological polar surface area (TPSA) is 29.3 Å². The number of nitrogens with one attached hydrogen (secondary N) is 1. The van der Waals surface area contributed by atoms with E-state index in [4.69, 9.17) is 0 Å². The van der Waals surface area contributed by atoms with E-state index >= 15 is 0 Å². The van der Waals surface area contributed by atoms with Crippen LogP contribution in [0.25, 0.3) is 16.8 Å². The van der Waals surface area contributed by atoms with E-state index in [-0.39, 0.29) is 5.82 Å². The van der Waals surface area contributed by atoms with Gasteiger partial charge in [0, 0.05) is 22.9 Å². The molecule has 1 N–H and O–H groups in total. The number of benzene rings is 1. The third kappa shape index (κ3) is 3.19. The van der Waals surface area contributed by atoms with E-state index in [1.165, 1.54) is 28.2 Å². The van der Waals surface area contributed by atoms with Gasteiger partial charge in [0.25, 0.3) is 0 Å². The molecule has 138 valence electrons. The average Bonchev–Trinajstić information content (AvgIpc) is 3.09. The Labute approximate surface area is 162 Å². The fourth-order valence-corrected chi connectivity index (χ4v) is 5.36. The average molecular weight is 380 g/mol. The fourth-order valence-electron chi connectivity index (χ4n) is 4.07. The molecule has 0 amide bonds. The van der Waals surface area contributed by atoms with Crippen molar-refractivity contribution in [3.63, 3.8) is 0 Å². The van der Waals surface area contributed by atoms with Crippen LogP contribution in [0.2, 0.25) is 0 Å². The van der Waals surface area contributed by atoms with Gasteiger partial charge in [-0.3, -0.25) is 0 Å². The molecule has 1 saturated heterocycles. The largest absolute Gasteiger partial charge is 0.317 e. The number of piperidine rings is 1. The number of aryl methyl sites for hydroxylation is 1. The normalized spacial score (nSPS) is 17.8. The number of pyridine rings is 1. The zero-order chi connectivity index (χ0) is 18.4. The molecule has 0 radical (unpaired) electrons. The smallest absolute Gasteiger partial charge is 0.173 e. The number of hydrogen-bond donors (Lipinski definition) is 1. The van der Waals surface area contributed by atoms with Crippen LogP contribution in [-0.2, 0) is 6.42 Å². The minimum atomic E-state index is -0.277. The molecular formula is C22H22FN3S. The first-order valence-corrected chi connectivity index (χ1v) is 10.4. The Balaban J connectivity index is 1.48. The van der Waals surface area contributed by atoms with E-state index in [9.17, 15) is 4.39 Å². The molecule has 0 bridgehead atoms. The van der Waals surface area contributed by atoms with E-state index in [0.29, 0.717) is 11.6 Å². The Morgan fingerprint density at radius 3 is 2.85 bits per heavy atom. The molecule has 0 unspecified atom stereocenters. The predicted molar refractivity (Wildman–Crippen MR) is 109 cm³/mol. The lowest BCUT2D eigenvalue weighted by atomic mass is 9.96. The van der Waals surface area contributed by atoms with Gasteiger partial charge in [0.15, 0.2) is 11.5 Å². The van der Waals surface area contributed by atoms with Crippen molar-refractivity contribution in [2.75, 3.05) is 13.1 Å². The van der Waals surface area contributed by atoms with Crippen LogP contribution in [0.3, 0.4) is 0 Å². The van der Waals surface area contributed by atoms with Crippen molar-refractivity contribution in [3.05, 3.63) is 64.7 Å². The van der Waals surface area contributed by atoms with Crippen molar-refractivity contribution in [3.8, 4) is 11.1 Å². The molecule has 3 nitrogen and oxygen atoms in total. The Morgan fingerprint density at radius 2 is 2.00 bits per heavy atom. The summed E-state index contributed by atoms with van der Waals surface area (Å²) in [6.45, 7) is 4.11. The number of halogens is 1. The number of hydrogen-bond acceptors (Lipinski definition) is 3. The molecule has 1 fully saturated rings.